The summed E-state index contributed by atoms with van der Waals surface area (Å²) in [5.41, 5.74) is 3.11. The monoisotopic (exact) mass is 363 g/mol. The SMILES string of the molecule is O=C1c2ccccc2C(O)C(c2ccc(Cl)cc2)N1Cc1ccccc1. The van der Waals surface area contributed by atoms with Gasteiger partial charge >= 0.3 is 0 Å². The smallest absolute Gasteiger partial charge is 0.255 e. The van der Waals surface area contributed by atoms with Crippen LogP contribution < -0.4 is 0 Å². The van der Waals surface area contributed by atoms with Crippen molar-refractivity contribution in [3.8, 4) is 0 Å². The number of carbonyl (C=O) groups excluding carboxylic acids is 1. The van der Waals surface area contributed by atoms with Crippen LogP contribution >= 0.6 is 11.6 Å². The molecule has 1 N–H and O–H groups in total. The normalized spacial score (nSPS) is 19.3. The van der Waals surface area contributed by atoms with E-state index in [2.05, 4.69) is 0 Å². The van der Waals surface area contributed by atoms with E-state index in [-0.39, 0.29) is 5.91 Å². The molecule has 2 unspecified atom stereocenters. The predicted molar refractivity (Wildman–Crippen MR) is 102 cm³/mol. The molecule has 3 aromatic rings. The molecule has 1 heterocycles. The van der Waals surface area contributed by atoms with Gasteiger partial charge in [0.25, 0.3) is 5.91 Å². The molecule has 1 aliphatic rings. The Labute approximate surface area is 157 Å². The zero-order chi connectivity index (χ0) is 18.1. The highest BCUT2D eigenvalue weighted by molar-refractivity contribution is 6.30. The fourth-order valence-corrected chi connectivity index (χ4v) is 3.67. The molecule has 1 aliphatic heterocycles. The third-order valence-corrected chi connectivity index (χ3v) is 5.06. The Morgan fingerprint density at radius 2 is 1.54 bits per heavy atom. The Morgan fingerprint density at radius 1 is 0.885 bits per heavy atom. The van der Waals surface area contributed by atoms with Gasteiger partial charge < -0.3 is 10.0 Å². The first-order chi connectivity index (χ1) is 12.6. The molecule has 2 atom stereocenters. The molecule has 26 heavy (non-hydrogen) atoms. The minimum absolute atomic E-state index is 0.0743. The molecule has 0 spiro atoms. The van der Waals surface area contributed by atoms with Gasteiger partial charge in [-0.3, -0.25) is 4.79 Å². The van der Waals surface area contributed by atoms with Gasteiger partial charge in [-0.15, -0.1) is 0 Å². The van der Waals surface area contributed by atoms with Gasteiger partial charge in [0.2, 0.25) is 0 Å². The van der Waals surface area contributed by atoms with Gasteiger partial charge in [0.05, 0.1) is 6.04 Å². The predicted octanol–water partition coefficient (Wildman–Crippen LogP) is 4.77. The topological polar surface area (TPSA) is 40.5 Å². The van der Waals surface area contributed by atoms with Crippen molar-refractivity contribution in [3.05, 3.63) is 106 Å². The maximum atomic E-state index is 13.2. The van der Waals surface area contributed by atoms with E-state index in [1.54, 1.807) is 23.1 Å². The lowest BCUT2D eigenvalue weighted by Gasteiger charge is -2.40. The van der Waals surface area contributed by atoms with Gasteiger partial charge in [0, 0.05) is 17.1 Å². The molecule has 0 saturated carbocycles. The molecule has 3 nitrogen and oxygen atoms in total. The van der Waals surface area contributed by atoms with Crippen molar-refractivity contribution in [2.24, 2.45) is 0 Å². The van der Waals surface area contributed by atoms with Crippen molar-refractivity contribution < 1.29 is 9.90 Å². The lowest BCUT2D eigenvalue weighted by Crippen LogP contribution is -2.42. The van der Waals surface area contributed by atoms with Crippen molar-refractivity contribution in [3.63, 3.8) is 0 Å². The van der Waals surface area contributed by atoms with E-state index in [4.69, 9.17) is 11.6 Å². The van der Waals surface area contributed by atoms with Crippen molar-refractivity contribution in [1.29, 1.82) is 0 Å². The average molecular weight is 364 g/mol. The maximum Gasteiger partial charge on any atom is 0.255 e. The average Bonchev–Trinajstić information content (AvgIpc) is 2.68. The largest absolute Gasteiger partial charge is 0.386 e. The first-order valence-electron chi connectivity index (χ1n) is 8.52. The number of aliphatic hydroxyl groups is 1. The first kappa shape index (κ1) is 16.8. The van der Waals surface area contributed by atoms with E-state index in [1.807, 2.05) is 60.7 Å². The summed E-state index contributed by atoms with van der Waals surface area (Å²) in [6.07, 6.45) is -0.797. The van der Waals surface area contributed by atoms with Gasteiger partial charge in [0.1, 0.15) is 6.10 Å². The first-order valence-corrected chi connectivity index (χ1v) is 8.90. The summed E-state index contributed by atoms with van der Waals surface area (Å²) in [6.45, 7) is 0.429. The maximum absolute atomic E-state index is 13.2. The molecule has 130 valence electrons. The van der Waals surface area contributed by atoms with Crippen LogP contribution in [0.2, 0.25) is 5.02 Å². The minimum Gasteiger partial charge on any atom is -0.386 e. The highest BCUT2D eigenvalue weighted by Gasteiger charge is 2.39. The van der Waals surface area contributed by atoms with Crippen LogP contribution in [0.5, 0.6) is 0 Å². The molecule has 4 heteroatoms. The Morgan fingerprint density at radius 3 is 2.27 bits per heavy atom. The fourth-order valence-electron chi connectivity index (χ4n) is 3.54. The van der Waals surface area contributed by atoms with Crippen molar-refractivity contribution >= 4 is 17.5 Å². The van der Waals surface area contributed by atoms with Crippen LogP contribution in [0, 0.1) is 0 Å². The number of hydrogen-bond acceptors (Lipinski definition) is 2. The molecule has 0 bridgehead atoms. The van der Waals surface area contributed by atoms with Crippen LogP contribution in [0.25, 0.3) is 0 Å². The van der Waals surface area contributed by atoms with Gasteiger partial charge in [-0.25, -0.2) is 0 Å². The molecule has 0 radical (unpaired) electrons. The molecule has 0 aliphatic carbocycles. The van der Waals surface area contributed by atoms with Crippen LogP contribution in [0.1, 0.15) is 39.2 Å². The number of carbonyl (C=O) groups is 1. The number of rotatable bonds is 3. The Kier molecular flexibility index (Phi) is 4.49. The molecule has 0 aromatic heterocycles. The molecule has 1 amide bonds. The summed E-state index contributed by atoms with van der Waals surface area (Å²) in [5.74, 6) is -0.0743. The number of benzene rings is 3. The van der Waals surface area contributed by atoms with Gasteiger partial charge in [0.15, 0.2) is 0 Å². The number of halogens is 1. The molecule has 4 rings (SSSR count). The lowest BCUT2D eigenvalue weighted by atomic mass is 9.86. The number of amides is 1. The summed E-state index contributed by atoms with van der Waals surface area (Å²) in [6, 6.07) is 23.9. The van der Waals surface area contributed by atoms with Crippen molar-refractivity contribution in [2.45, 2.75) is 18.7 Å². The number of fused-ring (bicyclic) bond motifs is 1. The second kappa shape index (κ2) is 6.94. The number of aliphatic hydroxyl groups excluding tert-OH is 1. The Hall–Kier alpha value is -2.62. The number of nitrogens with zero attached hydrogens (tertiary/aromatic N) is 1. The van der Waals surface area contributed by atoms with Crippen molar-refractivity contribution in [1.82, 2.24) is 4.90 Å². The third-order valence-electron chi connectivity index (χ3n) is 4.81. The minimum atomic E-state index is -0.797. The highest BCUT2D eigenvalue weighted by Crippen LogP contribution is 2.41. The summed E-state index contributed by atoms with van der Waals surface area (Å²) >= 11 is 6.02. The quantitative estimate of drug-likeness (QED) is 0.728. The second-order valence-corrected chi connectivity index (χ2v) is 6.88. The van der Waals surface area contributed by atoms with Crippen LogP contribution in [-0.2, 0) is 6.54 Å². The fraction of sp³-hybridized carbons (Fsp3) is 0.136. The second-order valence-electron chi connectivity index (χ2n) is 6.45. The standard InChI is InChI=1S/C22H18ClNO2/c23-17-12-10-16(11-13-17)20-21(25)18-8-4-5-9-19(18)22(26)24(20)14-15-6-2-1-3-7-15/h1-13,20-21,25H,14H2. The summed E-state index contributed by atoms with van der Waals surface area (Å²) in [5, 5.41) is 11.7. The Balaban J connectivity index is 1.81. The van der Waals surface area contributed by atoms with Crippen molar-refractivity contribution in [2.75, 3.05) is 0 Å². The lowest BCUT2D eigenvalue weighted by molar-refractivity contribution is 0.0221. The van der Waals surface area contributed by atoms with E-state index in [1.165, 1.54) is 0 Å². The van der Waals surface area contributed by atoms with E-state index in [0.29, 0.717) is 22.7 Å². The molecular weight excluding hydrogens is 346 g/mol. The van der Waals surface area contributed by atoms with Crippen LogP contribution in [0.3, 0.4) is 0 Å². The van der Waals surface area contributed by atoms with E-state index >= 15 is 0 Å². The summed E-state index contributed by atoms with van der Waals surface area (Å²) < 4.78 is 0. The number of hydrogen-bond donors (Lipinski definition) is 1. The van der Waals surface area contributed by atoms with Gasteiger partial charge in [-0.05, 0) is 34.9 Å². The van der Waals surface area contributed by atoms with Crippen LogP contribution in [0.15, 0.2) is 78.9 Å². The third kappa shape index (κ3) is 3.00. The highest BCUT2D eigenvalue weighted by atomic mass is 35.5. The zero-order valence-electron chi connectivity index (χ0n) is 14.0. The van der Waals surface area contributed by atoms with E-state index in [9.17, 15) is 9.90 Å². The summed E-state index contributed by atoms with van der Waals surface area (Å²) in [7, 11) is 0. The molecule has 0 fully saturated rings. The van der Waals surface area contributed by atoms with E-state index < -0.39 is 12.1 Å². The van der Waals surface area contributed by atoms with E-state index in [0.717, 1.165) is 11.1 Å². The zero-order valence-corrected chi connectivity index (χ0v) is 14.8. The van der Waals surface area contributed by atoms with Crippen LogP contribution in [-0.4, -0.2) is 15.9 Å². The Bertz CT molecular complexity index is 924. The molecule has 0 saturated heterocycles. The molecule has 3 aromatic carbocycles. The van der Waals surface area contributed by atoms with Gasteiger partial charge in [-0.1, -0.05) is 72.3 Å². The van der Waals surface area contributed by atoms with Gasteiger partial charge in [-0.2, -0.15) is 0 Å². The van der Waals surface area contributed by atoms with Crippen LogP contribution in [0.4, 0.5) is 0 Å². The summed E-state index contributed by atoms with van der Waals surface area (Å²) in [4.78, 5) is 14.9. The molecular formula is C22H18ClNO2.